The summed E-state index contributed by atoms with van der Waals surface area (Å²) in [6.07, 6.45) is 3.21. The molecule has 2 amide bonds. The van der Waals surface area contributed by atoms with Gasteiger partial charge >= 0.3 is 5.97 Å². The van der Waals surface area contributed by atoms with Crippen molar-refractivity contribution in [1.82, 2.24) is 30.4 Å². The summed E-state index contributed by atoms with van der Waals surface area (Å²) in [4.78, 5) is 51.9. The summed E-state index contributed by atoms with van der Waals surface area (Å²) < 4.78 is 5.66. The van der Waals surface area contributed by atoms with Crippen molar-refractivity contribution in [1.29, 1.82) is 0 Å². The Labute approximate surface area is 226 Å². The number of nitrogen functional groups attached to an aromatic ring is 1. The highest BCUT2D eigenvalue weighted by atomic mass is 32.2. The summed E-state index contributed by atoms with van der Waals surface area (Å²) in [5.41, 5.74) is 6.80. The van der Waals surface area contributed by atoms with Crippen LogP contribution in [0.3, 0.4) is 0 Å². The molecule has 3 aromatic heterocycles. The van der Waals surface area contributed by atoms with Crippen molar-refractivity contribution >= 4 is 63.5 Å². The molecule has 196 valence electrons. The minimum absolute atomic E-state index is 0.122. The first kappa shape index (κ1) is 25.7. The van der Waals surface area contributed by atoms with Gasteiger partial charge in [-0.3, -0.25) is 19.5 Å². The van der Waals surface area contributed by atoms with E-state index < -0.39 is 29.2 Å². The van der Waals surface area contributed by atoms with Gasteiger partial charge in [0.15, 0.2) is 10.8 Å². The summed E-state index contributed by atoms with van der Waals surface area (Å²) in [6, 6.07) is 2.51. The lowest BCUT2D eigenvalue weighted by atomic mass is 10.0. The van der Waals surface area contributed by atoms with Crippen LogP contribution < -0.4 is 11.1 Å². The highest BCUT2D eigenvalue weighted by Gasteiger charge is 2.54. The molecule has 14 nitrogen and oxygen atoms in total. The van der Waals surface area contributed by atoms with E-state index in [4.69, 9.17) is 15.0 Å². The fourth-order valence-electron chi connectivity index (χ4n) is 3.72. The molecule has 3 aromatic rings. The number of fused-ring (bicyclic) bond motifs is 1. The first-order chi connectivity index (χ1) is 18.4. The zero-order chi connectivity index (χ0) is 26.8. The summed E-state index contributed by atoms with van der Waals surface area (Å²) in [7, 11) is 1.27. The number of thiazole rings is 1. The Morgan fingerprint density at radius 2 is 2.16 bits per heavy atom. The topological polar surface area (TPSA) is 199 Å². The second-order valence-electron chi connectivity index (χ2n) is 7.71. The SMILES string of the molecule is CO/N=C(\C(=O)N[C@@H]1C(=O)N2C(C(=O)O)=C(CSc3nnc(-c4ccncc4)o3)CS[C@H]12)c1csc(N)n1. The molecule has 5 rings (SSSR count). The molecule has 2 aliphatic heterocycles. The van der Waals surface area contributed by atoms with Gasteiger partial charge < -0.3 is 25.4 Å². The highest BCUT2D eigenvalue weighted by molar-refractivity contribution is 8.01. The molecule has 1 fully saturated rings. The third-order valence-electron chi connectivity index (χ3n) is 5.40. The second kappa shape index (κ2) is 10.8. The number of hydrogen-bond donors (Lipinski definition) is 3. The Bertz CT molecular complexity index is 1460. The third-order valence-corrected chi connectivity index (χ3v) is 8.32. The van der Waals surface area contributed by atoms with Crippen LogP contribution in [0.4, 0.5) is 5.13 Å². The number of carbonyl (C=O) groups is 3. The molecule has 1 saturated heterocycles. The lowest BCUT2D eigenvalue weighted by molar-refractivity contribution is -0.150. The van der Waals surface area contributed by atoms with Crippen LogP contribution in [0, 0.1) is 0 Å². The van der Waals surface area contributed by atoms with E-state index in [1.807, 2.05) is 0 Å². The Morgan fingerprint density at radius 3 is 2.84 bits per heavy atom. The Kier molecular flexibility index (Phi) is 7.30. The first-order valence-electron chi connectivity index (χ1n) is 10.8. The van der Waals surface area contributed by atoms with Crippen molar-refractivity contribution in [3.05, 3.63) is 46.9 Å². The van der Waals surface area contributed by atoms with Crippen molar-refractivity contribution in [2.24, 2.45) is 5.16 Å². The maximum absolute atomic E-state index is 13.0. The number of pyridine rings is 1. The molecule has 0 aromatic carbocycles. The number of thioether (sulfide) groups is 2. The molecule has 4 N–H and O–H groups in total. The second-order valence-corrected chi connectivity index (χ2v) is 10.6. The summed E-state index contributed by atoms with van der Waals surface area (Å²) in [5.74, 6) is -1.64. The zero-order valence-electron chi connectivity index (χ0n) is 19.4. The van der Waals surface area contributed by atoms with Gasteiger partial charge in [0.25, 0.3) is 17.0 Å². The number of aromatic nitrogens is 4. The molecule has 2 aliphatic rings. The zero-order valence-corrected chi connectivity index (χ0v) is 21.9. The van der Waals surface area contributed by atoms with Gasteiger partial charge in [0, 0.05) is 34.8 Å². The van der Waals surface area contributed by atoms with Crippen LogP contribution >= 0.6 is 34.9 Å². The van der Waals surface area contributed by atoms with Crippen molar-refractivity contribution in [3.63, 3.8) is 0 Å². The number of nitrogens with one attached hydrogen (secondary N) is 1. The van der Waals surface area contributed by atoms with E-state index in [0.717, 1.165) is 11.3 Å². The van der Waals surface area contributed by atoms with Gasteiger partial charge in [-0.15, -0.1) is 33.3 Å². The van der Waals surface area contributed by atoms with Gasteiger partial charge in [-0.25, -0.2) is 9.78 Å². The average molecular weight is 575 g/mol. The molecule has 2 atom stereocenters. The largest absolute Gasteiger partial charge is 0.477 e. The smallest absolute Gasteiger partial charge is 0.352 e. The van der Waals surface area contributed by atoms with Crippen LogP contribution in [-0.2, 0) is 19.2 Å². The number of rotatable bonds is 9. The number of β-lactam (4-membered cyclic amide) rings is 1. The molecule has 0 bridgehead atoms. The van der Waals surface area contributed by atoms with E-state index in [1.54, 1.807) is 24.5 Å². The maximum Gasteiger partial charge on any atom is 0.352 e. The number of amides is 2. The number of hydrogen-bond acceptors (Lipinski definition) is 14. The lowest BCUT2D eigenvalue weighted by Crippen LogP contribution is -2.71. The Balaban J connectivity index is 1.28. The van der Waals surface area contributed by atoms with E-state index in [-0.39, 0.29) is 33.2 Å². The number of anilines is 1. The minimum Gasteiger partial charge on any atom is -0.477 e. The van der Waals surface area contributed by atoms with E-state index in [1.165, 1.54) is 40.9 Å². The highest BCUT2D eigenvalue weighted by Crippen LogP contribution is 2.41. The van der Waals surface area contributed by atoms with Crippen LogP contribution in [0.5, 0.6) is 0 Å². The molecule has 0 spiro atoms. The van der Waals surface area contributed by atoms with Gasteiger partial charge in [0.1, 0.15) is 29.9 Å². The van der Waals surface area contributed by atoms with Crippen molar-refractivity contribution in [3.8, 4) is 11.5 Å². The number of nitrogens with two attached hydrogens (primary N) is 1. The van der Waals surface area contributed by atoms with E-state index in [9.17, 15) is 19.5 Å². The van der Waals surface area contributed by atoms with Gasteiger partial charge in [0.2, 0.25) is 5.89 Å². The van der Waals surface area contributed by atoms with Gasteiger partial charge in [-0.1, -0.05) is 16.9 Å². The van der Waals surface area contributed by atoms with Crippen molar-refractivity contribution in [2.45, 2.75) is 16.6 Å². The molecule has 0 radical (unpaired) electrons. The number of nitrogens with zero attached hydrogens (tertiary/aromatic N) is 6. The molecular weight excluding hydrogens is 556 g/mol. The normalized spacial score (nSPS) is 19.1. The van der Waals surface area contributed by atoms with E-state index in [0.29, 0.717) is 22.8 Å². The maximum atomic E-state index is 13.0. The first-order valence-corrected chi connectivity index (χ1v) is 13.7. The lowest BCUT2D eigenvalue weighted by Gasteiger charge is -2.49. The summed E-state index contributed by atoms with van der Waals surface area (Å²) in [6.45, 7) is 0. The minimum atomic E-state index is -1.24. The fraction of sp³-hybridized carbons (Fsp3) is 0.238. The van der Waals surface area contributed by atoms with E-state index >= 15 is 0 Å². The summed E-state index contributed by atoms with van der Waals surface area (Å²) >= 11 is 3.62. The van der Waals surface area contributed by atoms with Gasteiger partial charge in [0.05, 0.1) is 0 Å². The third kappa shape index (κ3) is 4.94. The van der Waals surface area contributed by atoms with Crippen LogP contribution in [0.15, 0.2) is 56.0 Å². The number of aliphatic carboxylic acids is 1. The van der Waals surface area contributed by atoms with Crippen LogP contribution in [0.2, 0.25) is 0 Å². The average Bonchev–Trinajstić information content (AvgIpc) is 3.58. The van der Waals surface area contributed by atoms with Gasteiger partial charge in [-0.05, 0) is 17.7 Å². The predicted molar refractivity (Wildman–Crippen MR) is 138 cm³/mol. The van der Waals surface area contributed by atoms with E-state index in [2.05, 4.69) is 30.6 Å². The Morgan fingerprint density at radius 1 is 1.37 bits per heavy atom. The van der Waals surface area contributed by atoms with Crippen LogP contribution in [-0.4, -0.2) is 83.7 Å². The number of carboxylic acids is 1. The predicted octanol–water partition coefficient (Wildman–Crippen LogP) is 1.05. The molecule has 0 aliphatic carbocycles. The number of carbonyl (C=O) groups excluding carboxylic acids is 2. The quantitative estimate of drug-likeness (QED) is 0.142. The molecule has 0 saturated carbocycles. The monoisotopic (exact) mass is 574 g/mol. The van der Waals surface area contributed by atoms with Crippen molar-refractivity contribution in [2.75, 3.05) is 24.3 Å². The molecule has 17 heteroatoms. The standard InChI is InChI=1S/C21H18N8O6S3/c1-34-28-12(11-8-37-20(22)24-11)15(30)25-13-17(31)29-14(19(32)33)10(6-36-18(13)29)7-38-21-27-26-16(35-21)9-2-4-23-5-3-9/h2-5,8,13,18H,6-7H2,1H3,(H2,22,24)(H,25,30)(H,32,33)/b28-12-/t13-,18-/m1/s1. The Hall–Kier alpha value is -3.96. The molecule has 0 unspecified atom stereocenters. The number of oxime groups is 1. The van der Waals surface area contributed by atoms with Crippen LogP contribution in [0.25, 0.3) is 11.5 Å². The van der Waals surface area contributed by atoms with Crippen molar-refractivity contribution < 1.29 is 28.7 Å². The molecule has 38 heavy (non-hydrogen) atoms. The molecule has 5 heterocycles. The molecular formula is C21H18N8O6S3. The van der Waals surface area contributed by atoms with Gasteiger partial charge in [-0.2, -0.15) is 0 Å². The summed E-state index contributed by atoms with van der Waals surface area (Å²) in [5, 5.41) is 25.7. The number of carboxylic acid groups (broad SMARTS) is 1. The van der Waals surface area contributed by atoms with Crippen LogP contribution in [0.1, 0.15) is 5.69 Å². The fourth-order valence-corrected chi connectivity index (χ4v) is 6.52.